The Hall–Kier alpha value is 0.240. The minimum Gasteiger partial charge on any atom is -0.511 e. The van der Waals surface area contributed by atoms with Gasteiger partial charge >= 0.3 is 0 Å². The topological polar surface area (TPSA) is 20.2 Å². The molecule has 10 heavy (non-hydrogen) atoms. The maximum atomic E-state index is 9.30. The molecule has 0 amide bonds. The van der Waals surface area contributed by atoms with Crippen molar-refractivity contribution in [2.75, 3.05) is 0 Å². The normalized spacial score (nSPS) is 33.1. The summed E-state index contributed by atoms with van der Waals surface area (Å²) >= 11 is 6.78. The molecule has 0 aromatic rings. The van der Waals surface area contributed by atoms with E-state index < -0.39 is 0 Å². The maximum Gasteiger partial charge on any atom is 0.109 e. The van der Waals surface area contributed by atoms with Gasteiger partial charge in [-0.3, -0.25) is 0 Å². The van der Waals surface area contributed by atoms with E-state index in [1.807, 2.05) is 13.0 Å². The minimum atomic E-state index is -0.277. The molecule has 0 aromatic carbocycles. The maximum absolute atomic E-state index is 9.30. The summed E-state index contributed by atoms with van der Waals surface area (Å²) in [5.41, 5.74) is 0. The van der Waals surface area contributed by atoms with Gasteiger partial charge in [0, 0.05) is 6.42 Å². The number of hydrogen-bond donors (Lipinski definition) is 1. The van der Waals surface area contributed by atoms with Gasteiger partial charge in [0.2, 0.25) is 0 Å². The van der Waals surface area contributed by atoms with Crippen LogP contribution in [-0.4, -0.2) is 9.43 Å². The van der Waals surface area contributed by atoms with Crippen molar-refractivity contribution >= 4 is 31.9 Å². The molecule has 1 unspecified atom stereocenters. The van der Waals surface area contributed by atoms with Gasteiger partial charge in [0.25, 0.3) is 0 Å². The lowest BCUT2D eigenvalue weighted by Gasteiger charge is -2.23. The van der Waals surface area contributed by atoms with Gasteiger partial charge in [0.1, 0.15) is 5.76 Å². The molecule has 0 saturated carbocycles. The van der Waals surface area contributed by atoms with Crippen LogP contribution < -0.4 is 0 Å². The molecule has 1 nitrogen and oxygen atoms in total. The summed E-state index contributed by atoms with van der Waals surface area (Å²) in [6.07, 6.45) is 4.36. The third-order valence-corrected chi connectivity index (χ3v) is 2.69. The zero-order valence-corrected chi connectivity index (χ0v) is 8.74. The molecular formula is C7H8Br2O. The van der Waals surface area contributed by atoms with Crippen LogP contribution >= 0.6 is 31.9 Å². The first-order valence-electron chi connectivity index (χ1n) is 2.97. The van der Waals surface area contributed by atoms with Crippen molar-refractivity contribution in [1.29, 1.82) is 0 Å². The van der Waals surface area contributed by atoms with E-state index in [0.29, 0.717) is 5.76 Å². The first-order valence-corrected chi connectivity index (χ1v) is 4.56. The lowest BCUT2D eigenvalue weighted by Crippen LogP contribution is -2.20. The lowest BCUT2D eigenvalue weighted by molar-refractivity contribution is 0.359. The lowest BCUT2D eigenvalue weighted by atomic mass is 10.0. The first kappa shape index (κ1) is 8.34. The van der Waals surface area contributed by atoms with Crippen molar-refractivity contribution in [3.05, 3.63) is 22.4 Å². The van der Waals surface area contributed by atoms with Crippen molar-refractivity contribution in [3.63, 3.8) is 0 Å². The number of alkyl halides is 1. The van der Waals surface area contributed by atoms with Crippen LogP contribution in [0.1, 0.15) is 13.3 Å². The Balaban J connectivity index is 2.89. The van der Waals surface area contributed by atoms with Gasteiger partial charge < -0.3 is 5.11 Å². The molecule has 0 aliphatic heterocycles. The van der Waals surface area contributed by atoms with E-state index in [2.05, 4.69) is 31.9 Å². The number of aliphatic hydroxyl groups is 1. The highest BCUT2D eigenvalue weighted by Crippen LogP contribution is 2.37. The summed E-state index contributed by atoms with van der Waals surface area (Å²) in [5.74, 6) is 0.385. The van der Waals surface area contributed by atoms with Crippen LogP contribution in [0.15, 0.2) is 22.4 Å². The van der Waals surface area contributed by atoms with E-state index in [0.717, 1.165) is 10.9 Å². The van der Waals surface area contributed by atoms with Gasteiger partial charge in [0.15, 0.2) is 0 Å². The van der Waals surface area contributed by atoms with Crippen LogP contribution in [0.3, 0.4) is 0 Å². The van der Waals surface area contributed by atoms with Crippen molar-refractivity contribution in [3.8, 4) is 0 Å². The summed E-state index contributed by atoms with van der Waals surface area (Å²) in [6, 6.07) is 0. The van der Waals surface area contributed by atoms with E-state index in [1.165, 1.54) is 0 Å². The Kier molecular flexibility index (Phi) is 2.25. The fraction of sp³-hybridized carbons (Fsp3) is 0.429. The van der Waals surface area contributed by atoms with Crippen LogP contribution in [0.4, 0.5) is 0 Å². The highest BCUT2D eigenvalue weighted by molar-refractivity contribution is 9.12. The molecule has 3 heteroatoms. The number of aliphatic hydroxyl groups excluding tert-OH is 1. The summed E-state index contributed by atoms with van der Waals surface area (Å²) in [5, 5.41) is 9.30. The Morgan fingerprint density at radius 2 is 2.20 bits per heavy atom. The van der Waals surface area contributed by atoms with Crippen molar-refractivity contribution in [2.24, 2.45) is 0 Å². The van der Waals surface area contributed by atoms with Crippen LogP contribution in [0.25, 0.3) is 0 Å². The first-order chi connectivity index (χ1) is 4.52. The van der Waals surface area contributed by atoms with Crippen LogP contribution in [0.5, 0.6) is 0 Å². The Labute approximate surface area is 77.1 Å². The molecule has 56 valence electrons. The zero-order valence-electron chi connectivity index (χ0n) is 5.56. The number of hydrogen-bond acceptors (Lipinski definition) is 1. The Morgan fingerprint density at radius 1 is 1.60 bits per heavy atom. The smallest absolute Gasteiger partial charge is 0.109 e. The molecule has 1 rings (SSSR count). The van der Waals surface area contributed by atoms with Crippen molar-refractivity contribution in [2.45, 2.75) is 17.7 Å². The molecule has 1 aliphatic rings. The number of rotatable bonds is 0. The standard InChI is InChI=1S/C7H8Br2O/c1-7(9)4-5(8)2-3-6(7)10/h2-3,10H,4H2,1H3. The van der Waals surface area contributed by atoms with E-state index in [-0.39, 0.29) is 4.32 Å². The highest BCUT2D eigenvalue weighted by atomic mass is 79.9. The predicted molar refractivity (Wildman–Crippen MR) is 49.7 cm³/mol. The number of allylic oxidation sites excluding steroid dienone is 4. The Morgan fingerprint density at radius 3 is 2.60 bits per heavy atom. The van der Waals surface area contributed by atoms with E-state index in [4.69, 9.17) is 0 Å². The molecular weight excluding hydrogens is 260 g/mol. The fourth-order valence-corrected chi connectivity index (χ4v) is 2.31. The Bertz CT molecular complexity index is 204. The van der Waals surface area contributed by atoms with Gasteiger partial charge in [0.05, 0.1) is 4.32 Å². The third-order valence-electron chi connectivity index (χ3n) is 1.46. The molecule has 0 bridgehead atoms. The molecule has 0 radical (unpaired) electrons. The van der Waals surface area contributed by atoms with Gasteiger partial charge in [-0.2, -0.15) is 0 Å². The molecule has 0 spiro atoms. The molecule has 1 atom stereocenters. The summed E-state index contributed by atoms with van der Waals surface area (Å²) in [7, 11) is 0. The second-order valence-electron chi connectivity index (χ2n) is 2.54. The van der Waals surface area contributed by atoms with Gasteiger partial charge in [-0.1, -0.05) is 31.9 Å². The third kappa shape index (κ3) is 1.64. The summed E-state index contributed by atoms with van der Waals surface area (Å²) in [4.78, 5) is 0. The average molecular weight is 268 g/mol. The molecule has 1 N–H and O–H groups in total. The predicted octanol–water partition coefficient (Wildman–Crippen LogP) is 3.26. The second kappa shape index (κ2) is 2.70. The van der Waals surface area contributed by atoms with Crippen molar-refractivity contribution in [1.82, 2.24) is 0 Å². The largest absolute Gasteiger partial charge is 0.511 e. The molecule has 0 aromatic heterocycles. The van der Waals surface area contributed by atoms with E-state index in [1.54, 1.807) is 6.08 Å². The van der Waals surface area contributed by atoms with Crippen molar-refractivity contribution < 1.29 is 5.11 Å². The average Bonchev–Trinajstić information content (AvgIpc) is 1.78. The SMILES string of the molecule is CC1(Br)CC(Br)=CC=C1O. The molecule has 0 saturated heterocycles. The van der Waals surface area contributed by atoms with Crippen LogP contribution in [-0.2, 0) is 0 Å². The summed E-state index contributed by atoms with van der Waals surface area (Å²) < 4.78 is 0.824. The monoisotopic (exact) mass is 266 g/mol. The van der Waals surface area contributed by atoms with E-state index >= 15 is 0 Å². The molecule has 0 heterocycles. The van der Waals surface area contributed by atoms with Gasteiger partial charge in [-0.15, -0.1) is 0 Å². The fourth-order valence-electron chi connectivity index (χ4n) is 0.810. The zero-order chi connectivity index (χ0) is 7.78. The van der Waals surface area contributed by atoms with Crippen LogP contribution in [0.2, 0.25) is 0 Å². The second-order valence-corrected chi connectivity index (χ2v) is 5.31. The molecule has 0 fully saturated rings. The number of halogens is 2. The molecule has 1 aliphatic carbocycles. The quantitative estimate of drug-likeness (QED) is 0.668. The highest BCUT2D eigenvalue weighted by Gasteiger charge is 2.28. The minimum absolute atomic E-state index is 0.277. The van der Waals surface area contributed by atoms with Crippen LogP contribution in [0, 0.1) is 0 Å². The van der Waals surface area contributed by atoms with Gasteiger partial charge in [-0.05, 0) is 23.6 Å². The van der Waals surface area contributed by atoms with Gasteiger partial charge in [-0.25, -0.2) is 0 Å². The van der Waals surface area contributed by atoms with E-state index in [9.17, 15) is 5.11 Å². The summed E-state index contributed by atoms with van der Waals surface area (Å²) in [6.45, 7) is 1.94.